The van der Waals surface area contributed by atoms with E-state index in [-0.39, 0.29) is 17.0 Å². The molecule has 0 spiro atoms. The maximum absolute atomic E-state index is 4.78. The van der Waals surface area contributed by atoms with Gasteiger partial charge >= 0.3 is 50.5 Å². The average Bonchev–Trinajstić information content (AvgIpc) is 1.61. The van der Waals surface area contributed by atoms with Crippen LogP contribution in [0, 0.1) is 0 Å². The van der Waals surface area contributed by atoms with Gasteiger partial charge in [0.05, 0.1) is 0 Å². The standard InChI is InChI=1S/C4H9O.BrH.Ti/c1-2-3-4-5;;/h2-4H2,1H3;1H;/q-1;;+1. The van der Waals surface area contributed by atoms with E-state index in [9.17, 15) is 0 Å². The van der Waals surface area contributed by atoms with E-state index < -0.39 is 0 Å². The number of halogens is 1. The molecule has 1 nitrogen and oxygen atoms in total. The average molecular weight is 202 g/mol. The van der Waals surface area contributed by atoms with Crippen molar-refractivity contribution in [1.29, 1.82) is 0 Å². The first-order valence-corrected chi connectivity index (χ1v) is 2.84. The Morgan fingerprint density at radius 2 is 2.14 bits per heavy atom. The van der Waals surface area contributed by atoms with Crippen molar-refractivity contribution in [2.75, 3.05) is 6.61 Å². The van der Waals surface area contributed by atoms with Gasteiger partial charge in [0.15, 0.2) is 0 Å². The molecule has 0 aliphatic rings. The molecule has 0 aliphatic carbocycles. The molecular formula is C4H10BrOTi. The van der Waals surface area contributed by atoms with E-state index in [1.54, 1.807) is 20.8 Å². The predicted molar refractivity (Wildman–Crippen MR) is 31.2 cm³/mol. The van der Waals surface area contributed by atoms with E-state index in [1.165, 1.54) is 12.8 Å². The summed E-state index contributed by atoms with van der Waals surface area (Å²) in [5.41, 5.74) is 0. The van der Waals surface area contributed by atoms with Crippen LogP contribution in [0.15, 0.2) is 0 Å². The molecule has 0 bridgehead atoms. The van der Waals surface area contributed by atoms with Crippen molar-refractivity contribution in [3.05, 3.63) is 0 Å². The summed E-state index contributed by atoms with van der Waals surface area (Å²) >= 11 is 1.73. The summed E-state index contributed by atoms with van der Waals surface area (Å²) in [5.74, 6) is 0. The number of hydrogen-bond donors (Lipinski definition) is 0. The van der Waals surface area contributed by atoms with E-state index >= 15 is 0 Å². The molecule has 0 amide bonds. The normalized spacial score (nSPS) is 7.43. The molecule has 0 aromatic rings. The third-order valence-corrected chi connectivity index (χ3v) is 0.919. The predicted octanol–water partition coefficient (Wildman–Crippen LogP) is 1.84. The molecule has 0 saturated carbocycles. The second-order valence-electron chi connectivity index (χ2n) is 1.20. The Balaban J connectivity index is 0. The minimum absolute atomic E-state index is 0. The van der Waals surface area contributed by atoms with Gasteiger partial charge in [0, 0.05) is 0 Å². The van der Waals surface area contributed by atoms with Gasteiger partial charge in [0.2, 0.25) is 0 Å². The summed E-state index contributed by atoms with van der Waals surface area (Å²) in [7, 11) is 0. The van der Waals surface area contributed by atoms with Gasteiger partial charge in [0.1, 0.15) is 0 Å². The van der Waals surface area contributed by atoms with Crippen molar-refractivity contribution in [2.45, 2.75) is 19.8 Å². The van der Waals surface area contributed by atoms with Crippen LogP contribution in [-0.4, -0.2) is 6.61 Å². The quantitative estimate of drug-likeness (QED) is 0.501. The molecule has 0 aromatic heterocycles. The van der Waals surface area contributed by atoms with Gasteiger partial charge in [-0.15, -0.1) is 17.0 Å². The molecule has 43 valence electrons. The second kappa shape index (κ2) is 10.2. The zero-order chi connectivity index (χ0) is 4.83. The summed E-state index contributed by atoms with van der Waals surface area (Å²) in [4.78, 5) is 0. The van der Waals surface area contributed by atoms with Crippen molar-refractivity contribution in [3.63, 3.8) is 0 Å². The van der Waals surface area contributed by atoms with E-state index in [1.807, 2.05) is 0 Å². The Labute approximate surface area is 67.5 Å². The molecule has 0 atom stereocenters. The molecule has 3 heteroatoms. The fraction of sp³-hybridized carbons (Fsp3) is 1.00. The molecule has 0 aliphatic heterocycles. The van der Waals surface area contributed by atoms with Crippen molar-refractivity contribution in [3.8, 4) is 0 Å². The third-order valence-electron chi connectivity index (χ3n) is 0.600. The Bertz CT molecular complexity index is 23.7. The minimum atomic E-state index is 0. The fourth-order valence-corrected chi connectivity index (χ4v) is 0.442. The van der Waals surface area contributed by atoms with Crippen molar-refractivity contribution >= 4 is 17.0 Å². The second-order valence-corrected chi connectivity index (χ2v) is 1.65. The molecule has 0 aromatic carbocycles. The topological polar surface area (TPSA) is 9.23 Å². The Morgan fingerprint density at radius 3 is 2.29 bits per heavy atom. The molecule has 0 fully saturated rings. The molecule has 0 unspecified atom stereocenters. The zero-order valence-electron chi connectivity index (χ0n) is 4.44. The summed E-state index contributed by atoms with van der Waals surface area (Å²) in [5, 5.41) is 0. The van der Waals surface area contributed by atoms with Crippen LogP contribution in [0.1, 0.15) is 19.8 Å². The van der Waals surface area contributed by atoms with Crippen LogP contribution in [0.4, 0.5) is 0 Å². The van der Waals surface area contributed by atoms with Crippen LogP contribution < -0.4 is 0 Å². The first kappa shape index (κ1) is 11.0. The number of hydrogen-bond acceptors (Lipinski definition) is 1. The van der Waals surface area contributed by atoms with E-state index in [2.05, 4.69) is 6.92 Å². The van der Waals surface area contributed by atoms with Crippen LogP contribution in [0.25, 0.3) is 0 Å². The molecule has 0 heterocycles. The van der Waals surface area contributed by atoms with Crippen molar-refractivity contribution in [2.24, 2.45) is 0 Å². The van der Waals surface area contributed by atoms with E-state index in [0.29, 0.717) is 0 Å². The summed E-state index contributed by atoms with van der Waals surface area (Å²) in [6, 6.07) is 0. The summed E-state index contributed by atoms with van der Waals surface area (Å²) < 4.78 is 4.78. The molecular weight excluding hydrogens is 192 g/mol. The first-order valence-electron chi connectivity index (χ1n) is 2.20. The Hall–Kier alpha value is 1.15. The number of unbranched alkanes of at least 4 members (excludes halogenated alkanes) is 1. The third kappa shape index (κ3) is 11.0. The van der Waals surface area contributed by atoms with Crippen molar-refractivity contribution in [1.82, 2.24) is 0 Å². The molecule has 7 heavy (non-hydrogen) atoms. The van der Waals surface area contributed by atoms with Crippen LogP contribution in [0.5, 0.6) is 0 Å². The maximum atomic E-state index is 4.78. The van der Waals surface area contributed by atoms with Gasteiger partial charge in [-0.2, -0.15) is 0 Å². The summed E-state index contributed by atoms with van der Waals surface area (Å²) in [6.07, 6.45) is 2.42. The molecule has 0 rings (SSSR count). The van der Waals surface area contributed by atoms with Crippen LogP contribution in [0.3, 0.4) is 0 Å². The van der Waals surface area contributed by atoms with Crippen LogP contribution in [-0.2, 0) is 24.1 Å². The van der Waals surface area contributed by atoms with Gasteiger partial charge in [-0.3, -0.25) is 0 Å². The van der Waals surface area contributed by atoms with E-state index in [4.69, 9.17) is 3.32 Å². The molecule has 0 N–H and O–H groups in total. The molecule has 0 saturated heterocycles. The monoisotopic (exact) mass is 201 g/mol. The fourth-order valence-electron chi connectivity index (χ4n) is 0.217. The van der Waals surface area contributed by atoms with Gasteiger partial charge in [-0.05, 0) is 0 Å². The van der Waals surface area contributed by atoms with Crippen LogP contribution >= 0.6 is 17.0 Å². The summed E-state index contributed by atoms with van der Waals surface area (Å²) in [6.45, 7) is 3.07. The first-order chi connectivity index (χ1) is 2.91. The van der Waals surface area contributed by atoms with E-state index in [0.717, 1.165) is 6.61 Å². The Morgan fingerprint density at radius 1 is 1.57 bits per heavy atom. The van der Waals surface area contributed by atoms with Gasteiger partial charge in [-0.1, -0.05) is 0 Å². The zero-order valence-corrected chi connectivity index (χ0v) is 7.71. The van der Waals surface area contributed by atoms with Crippen LogP contribution in [0.2, 0.25) is 0 Å². The Kier molecular flexibility index (Phi) is 16.1. The SMILES string of the molecule is Br.CCCC[O][Ti]. The number of rotatable bonds is 3. The molecule has 0 radical (unpaired) electrons. The van der Waals surface area contributed by atoms with Crippen molar-refractivity contribution < 1.29 is 24.1 Å². The van der Waals surface area contributed by atoms with Gasteiger partial charge in [-0.25, -0.2) is 0 Å². The van der Waals surface area contributed by atoms with Gasteiger partial charge < -0.3 is 0 Å². The van der Waals surface area contributed by atoms with Gasteiger partial charge in [0.25, 0.3) is 0 Å².